The van der Waals surface area contributed by atoms with Crippen molar-refractivity contribution in [2.24, 2.45) is 0 Å². The van der Waals surface area contributed by atoms with E-state index in [1.54, 1.807) is 18.3 Å². The molecule has 5 heteroatoms. The average Bonchev–Trinajstić information content (AvgIpc) is 2.64. The second-order valence-corrected chi connectivity index (χ2v) is 5.44. The minimum absolute atomic E-state index is 0.216. The molecule has 1 aromatic heterocycles. The first-order chi connectivity index (χ1) is 11.7. The fourth-order valence-electron chi connectivity index (χ4n) is 2.37. The quantitative estimate of drug-likeness (QED) is 0.744. The smallest absolute Gasteiger partial charge is 0.224 e. The van der Waals surface area contributed by atoms with E-state index in [1.807, 2.05) is 48.3 Å². The molecule has 0 amide bonds. The number of hydrogen-bond acceptors (Lipinski definition) is 4. The minimum atomic E-state index is -0.216. The van der Waals surface area contributed by atoms with E-state index in [2.05, 4.69) is 15.3 Å². The highest BCUT2D eigenvalue weighted by atomic mass is 19.1. The van der Waals surface area contributed by atoms with Gasteiger partial charge in [-0.3, -0.25) is 0 Å². The second-order valence-electron chi connectivity index (χ2n) is 5.44. The topological polar surface area (TPSA) is 41.1 Å². The van der Waals surface area contributed by atoms with Gasteiger partial charge in [0.05, 0.1) is 0 Å². The van der Waals surface area contributed by atoms with Gasteiger partial charge in [0.2, 0.25) is 5.95 Å². The van der Waals surface area contributed by atoms with Gasteiger partial charge in [0.1, 0.15) is 11.6 Å². The summed E-state index contributed by atoms with van der Waals surface area (Å²) in [6.45, 7) is 0.685. The highest BCUT2D eigenvalue weighted by Crippen LogP contribution is 2.21. The molecule has 0 bridgehead atoms. The summed E-state index contributed by atoms with van der Waals surface area (Å²) in [6.07, 6.45) is 2.52. The van der Waals surface area contributed by atoms with Crippen LogP contribution in [0.25, 0.3) is 0 Å². The molecular weight excluding hydrogens is 303 g/mol. The third-order valence-electron chi connectivity index (χ3n) is 3.74. The van der Waals surface area contributed by atoms with Crippen LogP contribution in [0.3, 0.4) is 0 Å². The average molecular weight is 322 g/mol. The third kappa shape index (κ3) is 4.07. The van der Waals surface area contributed by atoms with Gasteiger partial charge in [-0.15, -0.1) is 0 Å². The molecule has 0 fully saturated rings. The van der Waals surface area contributed by atoms with Crippen molar-refractivity contribution in [3.05, 3.63) is 78.2 Å². The van der Waals surface area contributed by atoms with Crippen LogP contribution >= 0.6 is 0 Å². The van der Waals surface area contributed by atoms with Crippen LogP contribution in [-0.2, 0) is 6.42 Å². The van der Waals surface area contributed by atoms with Crippen molar-refractivity contribution in [2.45, 2.75) is 6.42 Å². The van der Waals surface area contributed by atoms with E-state index >= 15 is 0 Å². The number of halogens is 1. The number of benzene rings is 2. The van der Waals surface area contributed by atoms with Crippen molar-refractivity contribution in [3.63, 3.8) is 0 Å². The molecule has 2 aromatic carbocycles. The van der Waals surface area contributed by atoms with E-state index in [4.69, 9.17) is 0 Å². The van der Waals surface area contributed by atoms with Crippen molar-refractivity contribution in [2.75, 3.05) is 23.8 Å². The zero-order valence-electron chi connectivity index (χ0n) is 13.5. The van der Waals surface area contributed by atoms with Crippen molar-refractivity contribution < 1.29 is 4.39 Å². The van der Waals surface area contributed by atoms with Crippen LogP contribution in [0, 0.1) is 5.82 Å². The van der Waals surface area contributed by atoms with Crippen LogP contribution in [0.5, 0.6) is 0 Å². The van der Waals surface area contributed by atoms with Crippen LogP contribution < -0.4 is 10.2 Å². The Balaban J connectivity index is 1.62. The summed E-state index contributed by atoms with van der Waals surface area (Å²) in [4.78, 5) is 10.8. The van der Waals surface area contributed by atoms with Gasteiger partial charge < -0.3 is 10.2 Å². The largest absolute Gasteiger partial charge is 0.354 e. The number of aromatic nitrogens is 2. The standard InChI is InChI=1S/C19H19FN4/c1-24(17-5-3-2-4-6-17)18-12-14-22-19(23-18)21-13-11-15-7-9-16(20)10-8-15/h2-10,12,14H,11,13H2,1H3,(H,21,22,23). The third-order valence-corrected chi connectivity index (χ3v) is 3.74. The van der Waals surface area contributed by atoms with Crippen molar-refractivity contribution in [1.29, 1.82) is 0 Å². The van der Waals surface area contributed by atoms with Crippen LogP contribution in [-0.4, -0.2) is 23.6 Å². The highest BCUT2D eigenvalue weighted by molar-refractivity contribution is 5.59. The number of anilines is 3. The van der Waals surface area contributed by atoms with Crippen LogP contribution in [0.2, 0.25) is 0 Å². The van der Waals surface area contributed by atoms with E-state index in [1.165, 1.54) is 12.1 Å². The van der Waals surface area contributed by atoms with Gasteiger partial charge in [0.25, 0.3) is 0 Å². The van der Waals surface area contributed by atoms with Crippen molar-refractivity contribution in [3.8, 4) is 0 Å². The molecule has 1 heterocycles. The molecule has 122 valence electrons. The zero-order valence-corrected chi connectivity index (χ0v) is 13.5. The molecule has 0 spiro atoms. The number of hydrogen-bond donors (Lipinski definition) is 1. The maximum atomic E-state index is 12.9. The Labute approximate surface area is 141 Å². The van der Waals surface area contributed by atoms with Gasteiger partial charge >= 0.3 is 0 Å². The van der Waals surface area contributed by atoms with Gasteiger partial charge in [-0.2, -0.15) is 4.98 Å². The lowest BCUT2D eigenvalue weighted by Crippen LogP contribution is -2.14. The molecule has 3 rings (SSSR count). The summed E-state index contributed by atoms with van der Waals surface area (Å²) < 4.78 is 12.9. The first-order valence-corrected chi connectivity index (χ1v) is 7.82. The van der Waals surface area contributed by atoms with Gasteiger partial charge in [-0.25, -0.2) is 9.37 Å². The molecule has 0 aliphatic rings. The Hall–Kier alpha value is -2.95. The van der Waals surface area contributed by atoms with Gasteiger partial charge in [0, 0.05) is 25.5 Å². The number of para-hydroxylation sites is 1. The zero-order chi connectivity index (χ0) is 16.8. The van der Waals surface area contributed by atoms with Crippen LogP contribution in [0.1, 0.15) is 5.56 Å². The van der Waals surface area contributed by atoms with E-state index in [-0.39, 0.29) is 5.82 Å². The molecule has 0 aliphatic carbocycles. The van der Waals surface area contributed by atoms with E-state index in [9.17, 15) is 4.39 Å². The van der Waals surface area contributed by atoms with E-state index < -0.39 is 0 Å². The number of nitrogens with zero attached hydrogens (tertiary/aromatic N) is 3. The predicted molar refractivity (Wildman–Crippen MR) is 95.1 cm³/mol. The second kappa shape index (κ2) is 7.55. The summed E-state index contributed by atoms with van der Waals surface area (Å²) in [5, 5.41) is 3.21. The lowest BCUT2D eigenvalue weighted by molar-refractivity contribution is 0.627. The summed E-state index contributed by atoms with van der Waals surface area (Å²) in [5.74, 6) is 1.18. The molecule has 0 aliphatic heterocycles. The van der Waals surface area contributed by atoms with Gasteiger partial charge in [-0.1, -0.05) is 30.3 Å². The fraction of sp³-hybridized carbons (Fsp3) is 0.158. The van der Waals surface area contributed by atoms with Gasteiger partial charge in [0.15, 0.2) is 0 Å². The molecule has 0 saturated heterocycles. The van der Waals surface area contributed by atoms with E-state index in [0.717, 1.165) is 23.5 Å². The molecule has 0 radical (unpaired) electrons. The molecule has 0 atom stereocenters. The number of nitrogens with one attached hydrogen (secondary N) is 1. The Morgan fingerprint density at radius 1 is 1.00 bits per heavy atom. The molecule has 3 aromatic rings. The Morgan fingerprint density at radius 3 is 2.50 bits per heavy atom. The van der Waals surface area contributed by atoms with E-state index in [0.29, 0.717) is 12.5 Å². The monoisotopic (exact) mass is 322 g/mol. The molecule has 4 nitrogen and oxygen atoms in total. The molecule has 0 unspecified atom stereocenters. The first-order valence-electron chi connectivity index (χ1n) is 7.82. The molecule has 24 heavy (non-hydrogen) atoms. The Kier molecular flexibility index (Phi) is 5.01. The van der Waals surface area contributed by atoms with Gasteiger partial charge in [-0.05, 0) is 42.3 Å². The molecule has 1 N–H and O–H groups in total. The van der Waals surface area contributed by atoms with Crippen LogP contribution in [0.4, 0.5) is 21.8 Å². The highest BCUT2D eigenvalue weighted by Gasteiger charge is 2.06. The van der Waals surface area contributed by atoms with Crippen molar-refractivity contribution >= 4 is 17.5 Å². The maximum absolute atomic E-state index is 12.9. The molecular formula is C19H19FN4. The molecule has 0 saturated carbocycles. The summed E-state index contributed by atoms with van der Waals surface area (Å²) in [7, 11) is 1.97. The van der Waals surface area contributed by atoms with Crippen molar-refractivity contribution in [1.82, 2.24) is 9.97 Å². The Morgan fingerprint density at radius 2 is 1.75 bits per heavy atom. The lowest BCUT2D eigenvalue weighted by Gasteiger charge is -2.18. The summed E-state index contributed by atoms with van der Waals surface area (Å²) in [5.41, 5.74) is 2.13. The summed E-state index contributed by atoms with van der Waals surface area (Å²) in [6, 6.07) is 18.4. The maximum Gasteiger partial charge on any atom is 0.224 e. The lowest BCUT2D eigenvalue weighted by atomic mass is 10.1. The van der Waals surface area contributed by atoms with Crippen LogP contribution in [0.15, 0.2) is 66.9 Å². The number of rotatable bonds is 6. The normalized spacial score (nSPS) is 10.4. The minimum Gasteiger partial charge on any atom is -0.354 e. The SMILES string of the molecule is CN(c1ccccc1)c1ccnc(NCCc2ccc(F)cc2)n1. The first kappa shape index (κ1) is 15.9. The predicted octanol–water partition coefficient (Wildman–Crippen LogP) is 4.04. The summed E-state index contributed by atoms with van der Waals surface area (Å²) >= 11 is 0. The fourth-order valence-corrected chi connectivity index (χ4v) is 2.37. The Bertz CT molecular complexity index is 775.